The van der Waals surface area contributed by atoms with Crippen molar-refractivity contribution in [3.63, 3.8) is 0 Å². The number of fused-ring (bicyclic) bond motifs is 1. The fraction of sp³-hybridized carbons (Fsp3) is 0.381. The molecule has 5 amide bonds. The van der Waals surface area contributed by atoms with Crippen LogP contribution < -0.4 is 16.0 Å². The number of piperidine rings is 1. The molecule has 1 spiro atoms. The van der Waals surface area contributed by atoms with Crippen LogP contribution in [0.2, 0.25) is 0 Å². The first-order valence-electron chi connectivity index (χ1n) is 10.3. The van der Waals surface area contributed by atoms with Crippen molar-refractivity contribution in [1.29, 1.82) is 0 Å². The van der Waals surface area contributed by atoms with Gasteiger partial charge in [0, 0.05) is 19.3 Å². The number of amides is 5. The first-order valence-corrected chi connectivity index (χ1v) is 11.2. The van der Waals surface area contributed by atoms with Gasteiger partial charge in [-0.05, 0) is 24.0 Å². The van der Waals surface area contributed by atoms with Crippen LogP contribution in [0.25, 0.3) is 5.57 Å². The van der Waals surface area contributed by atoms with Gasteiger partial charge >= 0.3 is 12.1 Å². The van der Waals surface area contributed by atoms with Gasteiger partial charge in [0.15, 0.2) is 5.17 Å². The summed E-state index contributed by atoms with van der Waals surface area (Å²) in [6, 6.07) is 8.87. The zero-order valence-corrected chi connectivity index (χ0v) is 18.1. The standard InChI is InChI=1S/C21H22N6O4S/c1-31-16-14-15(13(11-22-16)12-5-3-2-4-6-12)32-19(23-14)25-20(30)27-9-7-21(8-10-27)17(28)24-18(29)26-21/h2-6,11,14-15H,7-10H2,1H3,(H,23,25,30)(H2,24,26,28,29). The fourth-order valence-electron chi connectivity index (χ4n) is 4.36. The summed E-state index contributed by atoms with van der Waals surface area (Å²) < 4.78 is 5.42. The third-order valence-electron chi connectivity index (χ3n) is 6.12. The molecule has 4 heterocycles. The summed E-state index contributed by atoms with van der Waals surface area (Å²) in [4.78, 5) is 47.2. The highest BCUT2D eigenvalue weighted by atomic mass is 32.2. The smallest absolute Gasteiger partial charge is 0.323 e. The molecular formula is C21H22N6O4S. The summed E-state index contributed by atoms with van der Waals surface area (Å²) in [5, 5.41) is 8.32. The highest BCUT2D eigenvalue weighted by Crippen LogP contribution is 2.39. The molecule has 10 nitrogen and oxygen atoms in total. The number of likely N-dealkylation sites (tertiary alicyclic amines) is 1. The van der Waals surface area contributed by atoms with E-state index in [4.69, 9.17) is 4.74 Å². The van der Waals surface area contributed by atoms with Crippen LogP contribution in [0.4, 0.5) is 9.59 Å². The van der Waals surface area contributed by atoms with Gasteiger partial charge in [-0.2, -0.15) is 0 Å². The van der Waals surface area contributed by atoms with Gasteiger partial charge in [0.2, 0.25) is 5.90 Å². The van der Waals surface area contributed by atoms with Crippen LogP contribution in [0.15, 0.2) is 46.5 Å². The molecule has 0 aliphatic carbocycles. The van der Waals surface area contributed by atoms with Crippen molar-refractivity contribution in [2.24, 2.45) is 9.98 Å². The number of benzene rings is 1. The second kappa shape index (κ2) is 7.97. The number of aliphatic imine (C=N–C) groups is 2. The maximum Gasteiger partial charge on any atom is 0.323 e. The molecule has 2 atom stereocenters. The van der Waals surface area contributed by atoms with Crippen molar-refractivity contribution in [3.05, 3.63) is 42.1 Å². The van der Waals surface area contributed by atoms with Crippen LogP contribution in [0, 0.1) is 0 Å². The SMILES string of the molecule is COC1=NC=C(c2ccccc2)C2SC(NC(=O)N3CCC4(CC3)NC(=O)NC4=O)=NC12. The molecule has 1 aromatic rings. The van der Waals surface area contributed by atoms with Crippen molar-refractivity contribution in [2.45, 2.75) is 29.7 Å². The molecule has 0 saturated carbocycles. The van der Waals surface area contributed by atoms with E-state index < -0.39 is 11.6 Å². The number of hydrogen-bond donors (Lipinski definition) is 3. The lowest BCUT2D eigenvalue weighted by atomic mass is 9.88. The number of nitrogens with zero attached hydrogens (tertiary/aromatic N) is 3. The average molecular weight is 455 g/mol. The molecular weight excluding hydrogens is 432 g/mol. The maximum atomic E-state index is 12.9. The first-order chi connectivity index (χ1) is 15.5. The lowest BCUT2D eigenvalue weighted by Gasteiger charge is -2.36. The Morgan fingerprint density at radius 1 is 1.25 bits per heavy atom. The number of nitrogens with one attached hydrogen (secondary N) is 3. The lowest BCUT2D eigenvalue weighted by molar-refractivity contribution is -0.125. The number of hydrogen-bond acceptors (Lipinski definition) is 7. The number of carbonyl (C=O) groups excluding carboxylic acids is 3. The summed E-state index contributed by atoms with van der Waals surface area (Å²) in [6.07, 6.45) is 2.53. The van der Waals surface area contributed by atoms with Crippen LogP contribution in [-0.2, 0) is 9.53 Å². The molecule has 2 fully saturated rings. The van der Waals surface area contributed by atoms with Gasteiger partial charge in [-0.15, -0.1) is 0 Å². The molecule has 5 rings (SSSR count). The minimum Gasteiger partial charge on any atom is -0.482 e. The van der Waals surface area contributed by atoms with Gasteiger partial charge in [0.05, 0.1) is 12.4 Å². The molecule has 2 unspecified atom stereocenters. The summed E-state index contributed by atoms with van der Waals surface area (Å²) >= 11 is 1.47. The van der Waals surface area contributed by atoms with Gasteiger partial charge in [-0.3, -0.25) is 15.4 Å². The lowest BCUT2D eigenvalue weighted by Crippen LogP contribution is -2.57. The van der Waals surface area contributed by atoms with Gasteiger partial charge in [-0.1, -0.05) is 42.1 Å². The number of carbonyl (C=O) groups is 3. The summed E-state index contributed by atoms with van der Waals surface area (Å²) in [5.41, 5.74) is 1.16. The van der Waals surface area contributed by atoms with Gasteiger partial charge < -0.3 is 15.0 Å². The number of methoxy groups -OCH3 is 1. The normalized spacial score (nSPS) is 25.9. The zero-order valence-electron chi connectivity index (χ0n) is 17.3. The van der Waals surface area contributed by atoms with E-state index in [1.165, 1.54) is 11.8 Å². The van der Waals surface area contributed by atoms with E-state index in [1.807, 2.05) is 30.3 Å². The summed E-state index contributed by atoms with van der Waals surface area (Å²) in [5.74, 6) is 0.184. The van der Waals surface area contributed by atoms with E-state index >= 15 is 0 Å². The predicted octanol–water partition coefficient (Wildman–Crippen LogP) is 1.31. The Morgan fingerprint density at radius 2 is 2.00 bits per heavy atom. The Hall–Kier alpha value is -3.34. The number of ether oxygens (including phenoxy) is 1. The second-order valence-electron chi connectivity index (χ2n) is 7.95. The average Bonchev–Trinajstić information content (AvgIpc) is 3.34. The van der Waals surface area contributed by atoms with Gasteiger partial charge in [0.25, 0.3) is 5.91 Å². The molecule has 3 N–H and O–H groups in total. The Bertz CT molecular complexity index is 1060. The molecule has 4 aliphatic heterocycles. The van der Waals surface area contributed by atoms with Crippen LogP contribution >= 0.6 is 11.8 Å². The van der Waals surface area contributed by atoms with E-state index in [0.717, 1.165) is 11.1 Å². The van der Waals surface area contributed by atoms with E-state index in [1.54, 1.807) is 18.2 Å². The highest BCUT2D eigenvalue weighted by molar-refractivity contribution is 8.15. The summed E-state index contributed by atoms with van der Waals surface area (Å²) in [7, 11) is 1.57. The van der Waals surface area contributed by atoms with E-state index in [9.17, 15) is 14.4 Å². The molecule has 1 aromatic carbocycles. The molecule has 2 saturated heterocycles. The van der Waals surface area contributed by atoms with Crippen molar-refractivity contribution in [3.8, 4) is 0 Å². The number of amidine groups is 1. The molecule has 0 aromatic heterocycles. The number of rotatable bonds is 1. The van der Waals surface area contributed by atoms with E-state index in [-0.39, 0.29) is 23.2 Å². The van der Waals surface area contributed by atoms with Crippen LogP contribution in [0.1, 0.15) is 18.4 Å². The van der Waals surface area contributed by atoms with E-state index in [0.29, 0.717) is 37.0 Å². The largest absolute Gasteiger partial charge is 0.482 e. The van der Waals surface area contributed by atoms with Crippen molar-refractivity contribution in [1.82, 2.24) is 20.9 Å². The minimum absolute atomic E-state index is 0.0535. The quantitative estimate of drug-likeness (QED) is 0.552. The molecule has 0 bridgehead atoms. The molecule has 0 radical (unpaired) electrons. The second-order valence-corrected chi connectivity index (χ2v) is 9.08. The maximum absolute atomic E-state index is 12.9. The van der Waals surface area contributed by atoms with Gasteiger partial charge in [0.1, 0.15) is 11.6 Å². The topological polar surface area (TPSA) is 124 Å². The number of urea groups is 2. The Kier molecular flexibility index (Phi) is 5.12. The van der Waals surface area contributed by atoms with Crippen molar-refractivity contribution in [2.75, 3.05) is 20.2 Å². The number of thioether (sulfide) groups is 1. The zero-order chi connectivity index (χ0) is 22.3. The minimum atomic E-state index is -0.915. The Balaban J connectivity index is 1.26. The molecule has 11 heteroatoms. The highest BCUT2D eigenvalue weighted by Gasteiger charge is 2.48. The molecule has 166 valence electrons. The van der Waals surface area contributed by atoms with Crippen molar-refractivity contribution < 1.29 is 19.1 Å². The van der Waals surface area contributed by atoms with Crippen molar-refractivity contribution >= 4 is 46.4 Å². The summed E-state index contributed by atoms with van der Waals surface area (Å²) in [6.45, 7) is 0.703. The third-order valence-corrected chi connectivity index (χ3v) is 7.32. The molecule has 32 heavy (non-hydrogen) atoms. The van der Waals surface area contributed by atoms with Crippen LogP contribution in [0.5, 0.6) is 0 Å². The Morgan fingerprint density at radius 3 is 2.66 bits per heavy atom. The van der Waals surface area contributed by atoms with Crippen LogP contribution in [0.3, 0.4) is 0 Å². The monoisotopic (exact) mass is 454 g/mol. The molecule has 4 aliphatic rings. The fourth-order valence-corrected chi connectivity index (χ4v) is 5.55. The first kappa shape index (κ1) is 20.6. The van der Waals surface area contributed by atoms with Crippen LogP contribution in [-0.4, -0.2) is 71.0 Å². The van der Waals surface area contributed by atoms with E-state index in [2.05, 4.69) is 25.9 Å². The Labute approximate surface area is 188 Å². The predicted molar refractivity (Wildman–Crippen MR) is 120 cm³/mol. The van der Waals surface area contributed by atoms with Gasteiger partial charge in [-0.25, -0.2) is 19.6 Å². The third kappa shape index (κ3) is 3.52. The number of imide groups is 1.